The van der Waals surface area contributed by atoms with Crippen molar-refractivity contribution in [1.29, 1.82) is 0 Å². The lowest BCUT2D eigenvalue weighted by Crippen LogP contribution is -2.39. The van der Waals surface area contributed by atoms with E-state index in [1.54, 1.807) is 42.5 Å². The highest BCUT2D eigenvalue weighted by molar-refractivity contribution is 7.22. The summed E-state index contributed by atoms with van der Waals surface area (Å²) < 4.78 is 32.0. The van der Waals surface area contributed by atoms with Crippen LogP contribution in [0.2, 0.25) is 0 Å². The fraction of sp³-hybridized carbons (Fsp3) is 0.0909. The van der Waals surface area contributed by atoms with E-state index in [-0.39, 0.29) is 28.0 Å². The van der Waals surface area contributed by atoms with Crippen molar-refractivity contribution in [3.63, 3.8) is 0 Å². The lowest BCUT2D eigenvalue weighted by atomic mass is 10.1. The molecule has 0 saturated heterocycles. The Bertz CT molecular complexity index is 2090. The number of hydrogen-bond acceptors (Lipinski definition) is 6. The number of rotatable bonds is 9. The van der Waals surface area contributed by atoms with Crippen molar-refractivity contribution in [2.24, 2.45) is 0 Å². The maximum atomic E-state index is 14.9. The number of non-ortho nitro benzene ring substituents is 1. The summed E-state index contributed by atoms with van der Waals surface area (Å²) in [5.41, 5.74) is 0.720. The summed E-state index contributed by atoms with van der Waals surface area (Å²) in [7, 11) is 0. The predicted octanol–water partition coefficient (Wildman–Crippen LogP) is 6.41. The molecule has 0 spiro atoms. The minimum Gasteiger partial charge on any atom is -0.309 e. The van der Waals surface area contributed by atoms with Gasteiger partial charge in [0.05, 0.1) is 22.5 Å². The second-order valence-corrected chi connectivity index (χ2v) is 11.0. The minimum absolute atomic E-state index is 0.100. The fourth-order valence-corrected chi connectivity index (χ4v) is 6.43. The van der Waals surface area contributed by atoms with Gasteiger partial charge >= 0.3 is 5.69 Å². The van der Waals surface area contributed by atoms with Crippen LogP contribution in [0.15, 0.2) is 113 Å². The van der Waals surface area contributed by atoms with E-state index in [4.69, 9.17) is 0 Å². The first kappa shape index (κ1) is 28.8. The van der Waals surface area contributed by atoms with Gasteiger partial charge in [0, 0.05) is 35.7 Å². The Morgan fingerprint density at radius 1 is 0.773 bits per heavy atom. The van der Waals surface area contributed by atoms with Gasteiger partial charge in [-0.3, -0.25) is 19.5 Å². The molecule has 2 heterocycles. The Morgan fingerprint density at radius 2 is 1.41 bits per heavy atom. The average Bonchev–Trinajstić information content (AvgIpc) is 3.41. The quantitative estimate of drug-likeness (QED) is 0.151. The van der Waals surface area contributed by atoms with Crippen molar-refractivity contribution < 1.29 is 13.7 Å². The second-order valence-electron chi connectivity index (χ2n) is 10.0. The minimum atomic E-state index is -0.820. The molecule has 8 nitrogen and oxygen atoms in total. The summed E-state index contributed by atoms with van der Waals surface area (Å²) in [4.78, 5) is 39.9. The van der Waals surface area contributed by atoms with Crippen molar-refractivity contribution in [2.45, 2.75) is 19.6 Å². The highest BCUT2D eigenvalue weighted by Crippen LogP contribution is 2.38. The number of fused-ring (bicyclic) bond motifs is 1. The second kappa shape index (κ2) is 12.2. The molecule has 4 aromatic carbocycles. The zero-order valence-electron chi connectivity index (χ0n) is 23.1. The maximum Gasteiger partial charge on any atom is 0.337 e. The summed E-state index contributed by atoms with van der Waals surface area (Å²) in [6.45, 7) is 0.223. The molecule has 0 aliphatic rings. The van der Waals surface area contributed by atoms with Gasteiger partial charge in [-0.15, -0.1) is 11.3 Å². The van der Waals surface area contributed by atoms with Crippen LogP contribution in [0.25, 0.3) is 26.3 Å². The van der Waals surface area contributed by atoms with Crippen LogP contribution in [-0.2, 0) is 19.6 Å². The number of nitro benzene ring substituents is 1. The number of nitro groups is 1. The summed E-state index contributed by atoms with van der Waals surface area (Å²) >= 11 is 1.12. The van der Waals surface area contributed by atoms with E-state index in [1.165, 1.54) is 22.8 Å². The Labute approximate surface area is 253 Å². The molecule has 0 fully saturated rings. The van der Waals surface area contributed by atoms with Gasteiger partial charge in [0.15, 0.2) is 0 Å². The number of hydrogen-bond donors (Lipinski definition) is 1. The van der Waals surface area contributed by atoms with E-state index in [9.17, 15) is 28.5 Å². The lowest BCUT2D eigenvalue weighted by molar-refractivity contribution is -0.384. The number of halogens is 2. The number of benzene rings is 4. The van der Waals surface area contributed by atoms with Gasteiger partial charge in [0.2, 0.25) is 0 Å². The molecule has 0 atom stereocenters. The predicted molar refractivity (Wildman–Crippen MR) is 166 cm³/mol. The van der Waals surface area contributed by atoms with Crippen molar-refractivity contribution >= 4 is 27.2 Å². The van der Waals surface area contributed by atoms with Crippen LogP contribution in [0.4, 0.5) is 14.5 Å². The van der Waals surface area contributed by atoms with Crippen LogP contribution in [0.1, 0.15) is 16.7 Å². The van der Waals surface area contributed by atoms with Crippen molar-refractivity contribution in [3.05, 3.63) is 162 Å². The molecule has 0 amide bonds. The molecule has 220 valence electrons. The maximum absolute atomic E-state index is 14.9. The molecule has 0 radical (unpaired) electrons. The van der Waals surface area contributed by atoms with E-state index < -0.39 is 34.4 Å². The van der Waals surface area contributed by atoms with Gasteiger partial charge in [-0.1, -0.05) is 54.6 Å². The molecular weight excluding hydrogens is 586 g/mol. The van der Waals surface area contributed by atoms with Crippen LogP contribution in [0.5, 0.6) is 0 Å². The van der Waals surface area contributed by atoms with E-state index in [1.807, 2.05) is 30.3 Å². The van der Waals surface area contributed by atoms with E-state index in [2.05, 4.69) is 5.32 Å². The van der Waals surface area contributed by atoms with E-state index >= 15 is 0 Å². The van der Waals surface area contributed by atoms with Gasteiger partial charge < -0.3 is 5.32 Å². The monoisotopic (exact) mass is 610 g/mol. The van der Waals surface area contributed by atoms with E-state index in [0.717, 1.165) is 33.6 Å². The van der Waals surface area contributed by atoms with Crippen LogP contribution >= 0.6 is 11.3 Å². The Hall–Kier alpha value is -5.26. The third-order valence-electron chi connectivity index (χ3n) is 7.28. The normalized spacial score (nSPS) is 11.2. The van der Waals surface area contributed by atoms with Gasteiger partial charge in [0.1, 0.15) is 16.5 Å². The van der Waals surface area contributed by atoms with Crippen molar-refractivity contribution in [3.8, 4) is 16.1 Å². The smallest absolute Gasteiger partial charge is 0.309 e. The standard InChI is InChI=1S/C33H24F2N4O4S/c34-27-12-7-13-28(35)26(27)20-37-32-29(31(40)38(33(37)41)23-10-5-2-6-11-23)25(19-36-18-21-8-3-1-4-9-21)30(44-32)22-14-16-24(17-15-22)39(42)43/h1-17,36H,18-20H2. The van der Waals surface area contributed by atoms with Crippen LogP contribution in [0.3, 0.4) is 0 Å². The highest BCUT2D eigenvalue weighted by Gasteiger charge is 2.25. The first-order chi connectivity index (χ1) is 21.3. The molecule has 0 saturated carbocycles. The van der Waals surface area contributed by atoms with Gasteiger partial charge in [-0.25, -0.2) is 18.1 Å². The molecule has 11 heteroatoms. The number of nitrogens with one attached hydrogen (secondary N) is 1. The molecule has 1 N–H and O–H groups in total. The molecule has 2 aromatic heterocycles. The topological polar surface area (TPSA) is 99.2 Å². The highest BCUT2D eigenvalue weighted by atomic mass is 32.1. The zero-order chi connectivity index (χ0) is 30.8. The van der Waals surface area contributed by atoms with Crippen LogP contribution in [0, 0.1) is 21.7 Å². The average molecular weight is 611 g/mol. The molecule has 0 aliphatic carbocycles. The fourth-order valence-electron chi connectivity index (χ4n) is 5.12. The van der Waals surface area contributed by atoms with Crippen molar-refractivity contribution in [2.75, 3.05) is 0 Å². The first-order valence-electron chi connectivity index (χ1n) is 13.6. The molecule has 0 bridgehead atoms. The molecule has 0 aliphatic heterocycles. The summed E-state index contributed by atoms with van der Waals surface area (Å²) in [5.74, 6) is -1.64. The Balaban J connectivity index is 1.62. The van der Waals surface area contributed by atoms with Crippen molar-refractivity contribution in [1.82, 2.24) is 14.5 Å². The van der Waals surface area contributed by atoms with Gasteiger partial charge in [-0.2, -0.15) is 0 Å². The number of para-hydroxylation sites is 1. The first-order valence-corrected chi connectivity index (χ1v) is 14.4. The molecule has 6 rings (SSSR count). The summed E-state index contributed by atoms with van der Waals surface area (Å²) in [5, 5.41) is 14.9. The number of thiophene rings is 1. The Morgan fingerprint density at radius 3 is 2.05 bits per heavy atom. The molecule has 6 aromatic rings. The number of aromatic nitrogens is 2. The molecular formula is C33H24F2N4O4S. The lowest BCUT2D eigenvalue weighted by Gasteiger charge is -2.14. The third kappa shape index (κ3) is 5.46. The van der Waals surface area contributed by atoms with Gasteiger partial charge in [-0.05, 0) is 53.1 Å². The SMILES string of the molecule is O=c1c2c(CNCc3ccccc3)c(-c3ccc([N+](=O)[O-])cc3)sc2n(Cc2c(F)cccc2F)c(=O)n1-c1ccccc1. The van der Waals surface area contributed by atoms with Gasteiger partial charge in [0.25, 0.3) is 11.2 Å². The summed E-state index contributed by atoms with van der Waals surface area (Å²) in [6, 6.07) is 27.4. The zero-order valence-corrected chi connectivity index (χ0v) is 23.9. The Kier molecular flexibility index (Phi) is 7.97. The third-order valence-corrected chi connectivity index (χ3v) is 8.58. The summed E-state index contributed by atoms with van der Waals surface area (Å²) in [6.07, 6.45) is 0. The molecule has 0 unspecified atom stereocenters. The van der Waals surface area contributed by atoms with Crippen LogP contribution < -0.4 is 16.6 Å². The van der Waals surface area contributed by atoms with E-state index in [0.29, 0.717) is 28.2 Å². The number of nitrogens with zero attached hydrogens (tertiary/aromatic N) is 3. The molecule has 44 heavy (non-hydrogen) atoms. The van der Waals surface area contributed by atoms with Crippen LogP contribution in [-0.4, -0.2) is 14.1 Å². The largest absolute Gasteiger partial charge is 0.337 e.